The number of nitrogens with one attached hydrogen (secondary N) is 3. The Kier molecular flexibility index (Phi) is 8.72. The highest BCUT2D eigenvalue weighted by Crippen LogP contribution is 2.31. The standard InChI is InChI=1S/C30H36ClFN8O/c1-17(2)4-3-5-18-12-23(26(32)24(31)13-18)25-14-20-16-40(30(41)39-28(20)38-25)22-8-6-19(7-9-22)27-36-15-21(37-27)10-11-35-29(33)34/h6-9,12-14,16-17,21,27,36-37H,3-5,10-11,15H2,1-2H3,(H4,33,34,35)(H,38,39,41)/t21?,27-/m0/s1. The molecule has 0 radical (unpaired) electrons. The third-order valence-electron chi connectivity index (χ3n) is 7.38. The van der Waals surface area contributed by atoms with Crippen LogP contribution in [0.3, 0.4) is 0 Å². The summed E-state index contributed by atoms with van der Waals surface area (Å²) in [5, 5.41) is 7.76. The summed E-state index contributed by atoms with van der Waals surface area (Å²) in [5.74, 6) is 0.204. The lowest BCUT2D eigenvalue weighted by atomic mass is 10.00. The molecule has 1 saturated heterocycles. The summed E-state index contributed by atoms with van der Waals surface area (Å²) in [7, 11) is 0. The zero-order valence-electron chi connectivity index (χ0n) is 23.3. The molecule has 5 rings (SSSR count). The van der Waals surface area contributed by atoms with E-state index in [4.69, 9.17) is 23.1 Å². The Morgan fingerprint density at radius 2 is 2.00 bits per heavy atom. The highest BCUT2D eigenvalue weighted by atomic mass is 35.5. The number of fused-ring (bicyclic) bond motifs is 1. The molecule has 0 amide bonds. The molecule has 11 heteroatoms. The highest BCUT2D eigenvalue weighted by Gasteiger charge is 2.24. The first kappa shape index (κ1) is 28.8. The molecule has 1 aliphatic heterocycles. The van der Waals surface area contributed by atoms with Crippen molar-refractivity contribution in [3.63, 3.8) is 0 Å². The molecule has 2 atom stereocenters. The first-order valence-electron chi connectivity index (χ1n) is 13.9. The Labute approximate surface area is 243 Å². The van der Waals surface area contributed by atoms with Crippen LogP contribution in [0.1, 0.15) is 50.4 Å². The monoisotopic (exact) mass is 578 g/mol. The van der Waals surface area contributed by atoms with Crippen LogP contribution in [0.25, 0.3) is 28.0 Å². The zero-order chi connectivity index (χ0) is 29.1. The molecule has 216 valence electrons. The summed E-state index contributed by atoms with van der Waals surface area (Å²) in [6.45, 7) is 5.74. The molecule has 7 N–H and O–H groups in total. The lowest BCUT2D eigenvalue weighted by molar-refractivity contribution is 0.525. The van der Waals surface area contributed by atoms with Crippen molar-refractivity contribution in [1.29, 1.82) is 0 Å². The quantitative estimate of drug-likeness (QED) is 0.140. The van der Waals surface area contributed by atoms with E-state index in [0.717, 1.165) is 43.4 Å². The van der Waals surface area contributed by atoms with Gasteiger partial charge in [0.2, 0.25) is 0 Å². The van der Waals surface area contributed by atoms with E-state index in [1.165, 1.54) is 4.57 Å². The Morgan fingerprint density at radius 1 is 1.22 bits per heavy atom. The van der Waals surface area contributed by atoms with Crippen LogP contribution in [0.15, 0.2) is 58.4 Å². The normalized spacial score (nSPS) is 17.0. The van der Waals surface area contributed by atoms with Gasteiger partial charge in [0.05, 0.1) is 22.6 Å². The SMILES string of the molecule is CC(C)CCCc1cc(Cl)c(F)c(-c2cc3cn(-c4ccc([C@H]5NCC(CCN=C(N)N)N5)cc4)c(=O)nc3[nH]2)c1. The Morgan fingerprint density at radius 3 is 2.73 bits per heavy atom. The number of rotatable bonds is 10. The van der Waals surface area contributed by atoms with E-state index >= 15 is 4.39 Å². The Bertz CT molecular complexity index is 1610. The lowest BCUT2D eigenvalue weighted by Crippen LogP contribution is -2.28. The summed E-state index contributed by atoms with van der Waals surface area (Å²) in [6, 6.07) is 13.3. The van der Waals surface area contributed by atoms with E-state index in [1.807, 2.05) is 30.3 Å². The van der Waals surface area contributed by atoms with Crippen molar-refractivity contribution in [2.45, 2.75) is 51.7 Å². The number of nitrogens with zero attached hydrogens (tertiary/aromatic N) is 3. The van der Waals surface area contributed by atoms with Gasteiger partial charge >= 0.3 is 5.69 Å². The second-order valence-corrected chi connectivity index (χ2v) is 11.4. The van der Waals surface area contributed by atoms with Crippen molar-refractivity contribution in [3.05, 3.63) is 81.1 Å². The van der Waals surface area contributed by atoms with Crippen molar-refractivity contribution >= 4 is 28.6 Å². The minimum absolute atomic E-state index is 0.0133. The van der Waals surface area contributed by atoms with Gasteiger partial charge in [-0.15, -0.1) is 0 Å². The Hall–Kier alpha value is -3.73. The van der Waals surface area contributed by atoms with Crippen molar-refractivity contribution in [1.82, 2.24) is 25.2 Å². The second-order valence-electron chi connectivity index (χ2n) is 11.0. The summed E-state index contributed by atoms with van der Waals surface area (Å²) in [4.78, 5) is 24.3. The maximum Gasteiger partial charge on any atom is 0.354 e. The average molecular weight is 579 g/mol. The van der Waals surface area contributed by atoms with Crippen molar-refractivity contribution < 1.29 is 4.39 Å². The molecular formula is C30H36ClFN8O. The van der Waals surface area contributed by atoms with Gasteiger partial charge in [-0.2, -0.15) is 4.98 Å². The smallest absolute Gasteiger partial charge is 0.354 e. The molecule has 0 spiro atoms. The van der Waals surface area contributed by atoms with Crippen LogP contribution in [0, 0.1) is 11.7 Å². The first-order chi connectivity index (χ1) is 19.7. The molecule has 2 aromatic carbocycles. The highest BCUT2D eigenvalue weighted by molar-refractivity contribution is 6.31. The van der Waals surface area contributed by atoms with E-state index in [2.05, 4.69) is 39.4 Å². The van der Waals surface area contributed by atoms with Crippen LogP contribution >= 0.6 is 11.6 Å². The Balaban J connectivity index is 1.35. The molecule has 1 unspecified atom stereocenters. The first-order valence-corrected chi connectivity index (χ1v) is 14.3. The van der Waals surface area contributed by atoms with E-state index in [1.54, 1.807) is 18.3 Å². The second kappa shape index (κ2) is 12.4. The van der Waals surface area contributed by atoms with Gasteiger partial charge in [-0.3, -0.25) is 20.2 Å². The third-order valence-corrected chi connectivity index (χ3v) is 7.66. The van der Waals surface area contributed by atoms with Crippen LogP contribution < -0.4 is 27.8 Å². The molecule has 9 nitrogen and oxygen atoms in total. The number of hydrogen-bond donors (Lipinski definition) is 5. The molecule has 1 fully saturated rings. The summed E-state index contributed by atoms with van der Waals surface area (Å²) >= 11 is 6.26. The lowest BCUT2D eigenvalue weighted by Gasteiger charge is -2.14. The van der Waals surface area contributed by atoms with Crippen molar-refractivity contribution in [3.8, 4) is 16.9 Å². The van der Waals surface area contributed by atoms with Gasteiger partial charge in [-0.1, -0.05) is 44.0 Å². The molecular weight excluding hydrogens is 543 g/mol. The number of aliphatic imine (C=N–C) groups is 1. The summed E-state index contributed by atoms with van der Waals surface area (Å²) in [6.07, 6.45) is 5.42. The summed E-state index contributed by atoms with van der Waals surface area (Å²) < 4.78 is 16.6. The minimum Gasteiger partial charge on any atom is -0.370 e. The molecule has 0 bridgehead atoms. The molecule has 4 aromatic rings. The predicted molar refractivity (Wildman–Crippen MR) is 163 cm³/mol. The zero-order valence-corrected chi connectivity index (χ0v) is 24.0. The van der Waals surface area contributed by atoms with Gasteiger partial charge < -0.3 is 16.5 Å². The number of aromatic amines is 1. The molecule has 1 aliphatic rings. The number of nitrogens with two attached hydrogens (primary N) is 2. The number of H-pyrrole nitrogens is 1. The van der Waals surface area contributed by atoms with Gasteiger partial charge in [0, 0.05) is 36.3 Å². The summed E-state index contributed by atoms with van der Waals surface area (Å²) in [5.41, 5.74) is 14.4. The number of hydrogen-bond acceptors (Lipinski definition) is 5. The topological polar surface area (TPSA) is 139 Å². The van der Waals surface area contributed by atoms with Gasteiger partial charge in [0.25, 0.3) is 0 Å². The van der Waals surface area contributed by atoms with Gasteiger partial charge in [-0.05, 0) is 66.6 Å². The van der Waals surface area contributed by atoms with Crippen LogP contribution in [0.4, 0.5) is 4.39 Å². The number of aromatic nitrogens is 3. The van der Waals surface area contributed by atoms with Crippen LogP contribution in [-0.4, -0.2) is 39.6 Å². The van der Waals surface area contributed by atoms with Crippen LogP contribution in [0.5, 0.6) is 0 Å². The maximum atomic E-state index is 15.1. The number of benzene rings is 2. The minimum atomic E-state index is -0.496. The van der Waals surface area contributed by atoms with Crippen LogP contribution in [0.2, 0.25) is 5.02 Å². The predicted octanol–water partition coefficient (Wildman–Crippen LogP) is 4.38. The van der Waals surface area contributed by atoms with Gasteiger partial charge in [-0.25, -0.2) is 9.18 Å². The number of aryl methyl sites for hydroxylation is 1. The molecule has 0 aliphatic carbocycles. The number of guanidine groups is 1. The maximum absolute atomic E-state index is 15.1. The molecule has 41 heavy (non-hydrogen) atoms. The van der Waals surface area contributed by atoms with E-state index < -0.39 is 11.5 Å². The third kappa shape index (κ3) is 6.78. The number of halogens is 2. The van der Waals surface area contributed by atoms with Gasteiger partial charge in [0.15, 0.2) is 11.8 Å². The average Bonchev–Trinajstić information content (AvgIpc) is 3.57. The molecule has 3 heterocycles. The van der Waals surface area contributed by atoms with E-state index in [-0.39, 0.29) is 23.2 Å². The van der Waals surface area contributed by atoms with Gasteiger partial charge in [0.1, 0.15) is 5.65 Å². The van der Waals surface area contributed by atoms with Crippen molar-refractivity contribution in [2.75, 3.05) is 13.1 Å². The largest absolute Gasteiger partial charge is 0.370 e. The fourth-order valence-corrected chi connectivity index (χ4v) is 5.46. The van der Waals surface area contributed by atoms with Crippen molar-refractivity contribution in [2.24, 2.45) is 22.4 Å². The fraction of sp³-hybridized carbons (Fsp3) is 0.367. The van der Waals surface area contributed by atoms with E-state index in [9.17, 15) is 4.79 Å². The van der Waals surface area contributed by atoms with E-state index in [0.29, 0.717) is 40.4 Å². The fourth-order valence-electron chi connectivity index (χ4n) is 5.21. The molecule has 2 aromatic heterocycles. The molecule has 0 saturated carbocycles. The van der Waals surface area contributed by atoms with Crippen LogP contribution in [-0.2, 0) is 6.42 Å².